The molecule has 0 unspecified atom stereocenters. The molecule has 0 saturated carbocycles. The van der Waals surface area contributed by atoms with Crippen LogP contribution >= 0.6 is 11.8 Å². The van der Waals surface area contributed by atoms with Gasteiger partial charge in [-0.3, -0.25) is 0 Å². The summed E-state index contributed by atoms with van der Waals surface area (Å²) in [6.07, 6.45) is 3.35. The van der Waals surface area contributed by atoms with Gasteiger partial charge in [0, 0.05) is 18.1 Å². The molecule has 14 heavy (non-hydrogen) atoms. The van der Waals surface area contributed by atoms with Crippen molar-refractivity contribution < 1.29 is 13.9 Å². The molecule has 0 fully saturated rings. The van der Waals surface area contributed by atoms with Crippen LogP contribution in [0.25, 0.3) is 0 Å². The van der Waals surface area contributed by atoms with E-state index in [0.29, 0.717) is 13.2 Å². The fourth-order valence-electron chi connectivity index (χ4n) is 1.08. The molecule has 0 saturated heterocycles. The summed E-state index contributed by atoms with van der Waals surface area (Å²) in [5.41, 5.74) is 0. The molecule has 0 aliphatic carbocycles. The van der Waals surface area contributed by atoms with Crippen molar-refractivity contribution in [1.29, 1.82) is 0 Å². The van der Waals surface area contributed by atoms with Gasteiger partial charge in [0.1, 0.15) is 6.26 Å². The number of furan rings is 1. The standard InChI is InChI=1S/C10H16O3S/c1-4-11-10(12-5-2)9-6-8(14-3)7-13-9/h6-7,10H,4-5H2,1-3H3. The molecule has 0 aliphatic heterocycles. The average molecular weight is 216 g/mol. The Hall–Kier alpha value is -0.450. The summed E-state index contributed by atoms with van der Waals surface area (Å²) in [4.78, 5) is 1.09. The van der Waals surface area contributed by atoms with Crippen molar-refractivity contribution in [2.45, 2.75) is 25.0 Å². The SMILES string of the molecule is CCOC(OCC)c1cc(SC)co1. The number of rotatable bonds is 6. The van der Waals surface area contributed by atoms with Gasteiger partial charge in [0.2, 0.25) is 6.29 Å². The van der Waals surface area contributed by atoms with Crippen LogP contribution in [-0.2, 0) is 9.47 Å². The van der Waals surface area contributed by atoms with E-state index in [1.807, 2.05) is 26.2 Å². The minimum Gasteiger partial charge on any atom is -0.463 e. The van der Waals surface area contributed by atoms with Crippen molar-refractivity contribution in [3.63, 3.8) is 0 Å². The van der Waals surface area contributed by atoms with Gasteiger partial charge in [-0.15, -0.1) is 11.8 Å². The smallest absolute Gasteiger partial charge is 0.217 e. The molecule has 4 heteroatoms. The Bertz CT molecular complexity index is 254. The molecule has 1 heterocycles. The molecule has 0 aliphatic rings. The fourth-order valence-corrected chi connectivity index (χ4v) is 1.46. The second-order valence-corrected chi connectivity index (χ2v) is 3.51. The van der Waals surface area contributed by atoms with Crippen molar-refractivity contribution in [1.82, 2.24) is 0 Å². The summed E-state index contributed by atoms with van der Waals surface area (Å²) in [6, 6.07) is 1.95. The number of hydrogen-bond acceptors (Lipinski definition) is 4. The summed E-state index contributed by atoms with van der Waals surface area (Å²) < 4.78 is 16.2. The Morgan fingerprint density at radius 2 is 2.00 bits per heavy atom. The average Bonchev–Trinajstić information content (AvgIpc) is 2.65. The second-order valence-electron chi connectivity index (χ2n) is 2.63. The molecule has 0 aromatic carbocycles. The zero-order valence-electron chi connectivity index (χ0n) is 8.78. The normalized spacial score (nSPS) is 11.1. The second kappa shape index (κ2) is 6.11. The van der Waals surface area contributed by atoms with Gasteiger partial charge in [-0.2, -0.15) is 0 Å². The van der Waals surface area contributed by atoms with E-state index in [-0.39, 0.29) is 6.29 Å². The molecule has 0 radical (unpaired) electrons. The summed E-state index contributed by atoms with van der Waals surface area (Å²) >= 11 is 1.64. The van der Waals surface area contributed by atoms with Crippen molar-refractivity contribution in [2.24, 2.45) is 0 Å². The van der Waals surface area contributed by atoms with Crippen molar-refractivity contribution in [3.8, 4) is 0 Å². The Labute approximate surface area is 88.8 Å². The first-order valence-corrected chi connectivity index (χ1v) is 5.89. The lowest BCUT2D eigenvalue weighted by atomic mass is 10.4. The zero-order valence-corrected chi connectivity index (χ0v) is 9.60. The molecule has 1 rings (SSSR count). The summed E-state index contributed by atoms with van der Waals surface area (Å²) in [7, 11) is 0. The van der Waals surface area contributed by atoms with Crippen molar-refractivity contribution >= 4 is 11.8 Å². The maximum absolute atomic E-state index is 5.40. The topological polar surface area (TPSA) is 31.6 Å². The molecule has 1 aromatic rings. The van der Waals surface area contributed by atoms with Gasteiger partial charge >= 0.3 is 0 Å². The molecule has 3 nitrogen and oxygen atoms in total. The van der Waals surface area contributed by atoms with E-state index in [1.165, 1.54) is 0 Å². The number of ether oxygens (including phenoxy) is 2. The van der Waals surface area contributed by atoms with Crippen LogP contribution in [0.1, 0.15) is 25.9 Å². The summed E-state index contributed by atoms with van der Waals surface area (Å²) in [5, 5.41) is 0. The molecule has 0 spiro atoms. The van der Waals surface area contributed by atoms with E-state index in [2.05, 4.69) is 0 Å². The predicted molar refractivity (Wildman–Crippen MR) is 56.5 cm³/mol. The van der Waals surface area contributed by atoms with Gasteiger partial charge in [-0.05, 0) is 26.2 Å². The third kappa shape index (κ3) is 3.04. The lowest BCUT2D eigenvalue weighted by molar-refractivity contribution is -0.150. The van der Waals surface area contributed by atoms with Gasteiger partial charge in [-0.1, -0.05) is 0 Å². The van der Waals surface area contributed by atoms with Gasteiger partial charge < -0.3 is 13.9 Å². The molecular weight excluding hydrogens is 200 g/mol. The predicted octanol–water partition coefficient (Wildman–Crippen LogP) is 3.07. The molecular formula is C10H16O3S. The van der Waals surface area contributed by atoms with Gasteiger partial charge in [0.15, 0.2) is 5.76 Å². The van der Waals surface area contributed by atoms with E-state index >= 15 is 0 Å². The Balaban J connectivity index is 2.65. The van der Waals surface area contributed by atoms with E-state index < -0.39 is 0 Å². The molecule has 0 bridgehead atoms. The van der Waals surface area contributed by atoms with Crippen LogP contribution in [0.4, 0.5) is 0 Å². The maximum Gasteiger partial charge on any atom is 0.217 e. The Kier molecular flexibility index (Phi) is 5.07. The first-order chi connectivity index (χ1) is 6.81. The fraction of sp³-hybridized carbons (Fsp3) is 0.600. The Morgan fingerprint density at radius 3 is 2.43 bits per heavy atom. The molecule has 1 aromatic heterocycles. The van der Waals surface area contributed by atoms with Crippen LogP contribution < -0.4 is 0 Å². The zero-order chi connectivity index (χ0) is 10.4. The van der Waals surface area contributed by atoms with Crippen LogP contribution in [0.5, 0.6) is 0 Å². The minimum absolute atomic E-state index is 0.370. The first kappa shape index (κ1) is 11.6. The van der Waals surface area contributed by atoms with E-state index in [9.17, 15) is 0 Å². The quantitative estimate of drug-likeness (QED) is 0.540. The van der Waals surface area contributed by atoms with Crippen molar-refractivity contribution in [3.05, 3.63) is 18.1 Å². The lowest BCUT2D eigenvalue weighted by Gasteiger charge is -2.13. The third-order valence-electron chi connectivity index (χ3n) is 1.70. The third-order valence-corrected chi connectivity index (χ3v) is 2.39. The molecule has 0 atom stereocenters. The molecule has 0 amide bonds. The number of thioether (sulfide) groups is 1. The summed E-state index contributed by atoms with van der Waals surface area (Å²) in [6.45, 7) is 5.09. The van der Waals surface area contributed by atoms with Crippen LogP contribution in [-0.4, -0.2) is 19.5 Å². The highest BCUT2D eigenvalue weighted by atomic mass is 32.2. The number of hydrogen-bond donors (Lipinski definition) is 0. The van der Waals surface area contributed by atoms with E-state index in [4.69, 9.17) is 13.9 Å². The van der Waals surface area contributed by atoms with E-state index in [1.54, 1.807) is 18.0 Å². The van der Waals surface area contributed by atoms with Crippen LogP contribution in [0.15, 0.2) is 21.6 Å². The monoisotopic (exact) mass is 216 g/mol. The first-order valence-electron chi connectivity index (χ1n) is 4.67. The van der Waals surface area contributed by atoms with Crippen molar-refractivity contribution in [2.75, 3.05) is 19.5 Å². The largest absolute Gasteiger partial charge is 0.463 e. The minimum atomic E-state index is -0.370. The van der Waals surface area contributed by atoms with Gasteiger partial charge in [0.25, 0.3) is 0 Å². The van der Waals surface area contributed by atoms with E-state index in [0.717, 1.165) is 10.7 Å². The maximum atomic E-state index is 5.40. The molecule has 80 valence electrons. The highest BCUT2D eigenvalue weighted by molar-refractivity contribution is 7.98. The molecule has 0 N–H and O–H groups in total. The Morgan fingerprint density at radius 1 is 1.36 bits per heavy atom. The highest BCUT2D eigenvalue weighted by Gasteiger charge is 2.15. The van der Waals surface area contributed by atoms with Crippen LogP contribution in [0.3, 0.4) is 0 Å². The summed E-state index contributed by atoms with van der Waals surface area (Å²) in [5.74, 6) is 0.734. The lowest BCUT2D eigenvalue weighted by Crippen LogP contribution is -2.07. The van der Waals surface area contributed by atoms with Gasteiger partial charge in [-0.25, -0.2) is 0 Å². The van der Waals surface area contributed by atoms with Gasteiger partial charge in [0.05, 0.1) is 0 Å². The van der Waals surface area contributed by atoms with Crippen LogP contribution in [0, 0.1) is 0 Å². The van der Waals surface area contributed by atoms with Crippen LogP contribution in [0.2, 0.25) is 0 Å². The highest BCUT2D eigenvalue weighted by Crippen LogP contribution is 2.25.